The second-order valence-corrected chi connectivity index (χ2v) is 9.44. The number of carbonyl (C=O) groups is 2. The van der Waals surface area contributed by atoms with E-state index in [4.69, 9.17) is 36.5 Å². The van der Waals surface area contributed by atoms with E-state index < -0.39 is 5.97 Å². The van der Waals surface area contributed by atoms with E-state index in [0.29, 0.717) is 62.8 Å². The second kappa shape index (κ2) is 15.4. The number of imidazole rings is 1. The summed E-state index contributed by atoms with van der Waals surface area (Å²) in [6.45, 7) is 3.80. The molecule has 41 heavy (non-hydrogen) atoms. The van der Waals surface area contributed by atoms with Gasteiger partial charge in [-0.3, -0.25) is 4.79 Å². The first-order valence-electron chi connectivity index (χ1n) is 13.2. The lowest BCUT2D eigenvalue weighted by Crippen LogP contribution is -2.33. The van der Waals surface area contributed by atoms with Crippen LogP contribution in [0.3, 0.4) is 0 Å². The molecular formula is C29H35Cl2N5O5. The number of aromatic nitrogens is 3. The number of ether oxygens (including phenoxy) is 3. The molecule has 4 rings (SSSR count). The maximum atomic E-state index is 12.8. The van der Waals surface area contributed by atoms with Gasteiger partial charge in [-0.25, -0.2) is 14.8 Å². The Labute approximate surface area is 250 Å². The van der Waals surface area contributed by atoms with E-state index in [1.54, 1.807) is 25.0 Å². The Bertz CT molecular complexity index is 1480. The molecule has 2 N–H and O–H groups in total. The average Bonchev–Trinajstić information content (AvgIpc) is 3.33. The number of alkyl halides is 1. The third-order valence-corrected chi connectivity index (χ3v) is 6.66. The van der Waals surface area contributed by atoms with Crippen LogP contribution in [0.25, 0.3) is 21.9 Å². The fourth-order valence-electron chi connectivity index (χ4n) is 4.63. The molecule has 1 amide bonds. The van der Waals surface area contributed by atoms with Crippen molar-refractivity contribution in [2.45, 2.75) is 32.9 Å². The van der Waals surface area contributed by atoms with Crippen molar-refractivity contribution in [2.75, 3.05) is 45.1 Å². The molecule has 2 aromatic carbocycles. The molecule has 4 aromatic rings. The number of amides is 1. The van der Waals surface area contributed by atoms with Crippen molar-refractivity contribution >= 4 is 63.6 Å². The van der Waals surface area contributed by atoms with Gasteiger partial charge in [0, 0.05) is 38.6 Å². The highest BCUT2D eigenvalue weighted by molar-refractivity contribution is 6.27. The molecule has 2 aromatic heterocycles. The minimum Gasteiger partial charge on any atom is -0.482 e. The van der Waals surface area contributed by atoms with Gasteiger partial charge in [-0.05, 0) is 37.1 Å². The van der Waals surface area contributed by atoms with Crippen LogP contribution >= 0.6 is 24.0 Å². The average molecular weight is 605 g/mol. The standard InChI is InChI=1S/C29H34ClN5O5.ClH/c1-3-39-26(37)19-40-21-9-6-8-20(16-21)18-34(25(36)17-30)13-7-14-35-24(12-15-38-2)33-27-28(35)22-10-4-5-11-23(22)32-29(27)31;/h4-6,8-11,16H,3,7,12-15,17-19H2,1-2H3,(H2,31,32);1H. The summed E-state index contributed by atoms with van der Waals surface area (Å²) in [4.78, 5) is 35.5. The molecule has 220 valence electrons. The van der Waals surface area contributed by atoms with E-state index in [2.05, 4.69) is 9.55 Å². The largest absolute Gasteiger partial charge is 0.482 e. The van der Waals surface area contributed by atoms with Crippen molar-refractivity contribution in [1.29, 1.82) is 0 Å². The molecule has 0 saturated heterocycles. The van der Waals surface area contributed by atoms with Gasteiger partial charge < -0.3 is 29.4 Å². The van der Waals surface area contributed by atoms with Crippen molar-refractivity contribution in [3.8, 4) is 5.75 Å². The number of pyridine rings is 1. The monoisotopic (exact) mass is 603 g/mol. The van der Waals surface area contributed by atoms with Gasteiger partial charge >= 0.3 is 5.97 Å². The number of rotatable bonds is 14. The van der Waals surface area contributed by atoms with Gasteiger partial charge in [0.1, 0.15) is 23.0 Å². The van der Waals surface area contributed by atoms with E-state index in [1.807, 2.05) is 42.5 Å². The molecule has 0 spiro atoms. The van der Waals surface area contributed by atoms with E-state index in [1.165, 1.54) is 0 Å². The van der Waals surface area contributed by atoms with Crippen LogP contribution < -0.4 is 10.5 Å². The van der Waals surface area contributed by atoms with Crippen LogP contribution in [0.15, 0.2) is 48.5 Å². The lowest BCUT2D eigenvalue weighted by atomic mass is 10.1. The molecule has 10 nitrogen and oxygen atoms in total. The van der Waals surface area contributed by atoms with Crippen LogP contribution in [0.5, 0.6) is 5.75 Å². The number of nitrogens with two attached hydrogens (primary N) is 1. The predicted molar refractivity (Wildman–Crippen MR) is 162 cm³/mol. The zero-order valence-electron chi connectivity index (χ0n) is 23.2. The summed E-state index contributed by atoms with van der Waals surface area (Å²) in [6, 6.07) is 15.1. The number of aryl methyl sites for hydroxylation is 1. The summed E-state index contributed by atoms with van der Waals surface area (Å²) in [5.41, 5.74) is 9.55. The summed E-state index contributed by atoms with van der Waals surface area (Å²) < 4.78 is 17.9. The normalized spacial score (nSPS) is 10.9. The number of hydrogen-bond donors (Lipinski definition) is 1. The van der Waals surface area contributed by atoms with Gasteiger partial charge in [0.25, 0.3) is 0 Å². The molecule has 0 saturated carbocycles. The lowest BCUT2D eigenvalue weighted by molar-refractivity contribution is -0.145. The number of hydrogen-bond acceptors (Lipinski definition) is 8. The minimum atomic E-state index is -0.436. The highest BCUT2D eigenvalue weighted by Crippen LogP contribution is 2.29. The van der Waals surface area contributed by atoms with Crippen LogP contribution in [0, 0.1) is 0 Å². The van der Waals surface area contributed by atoms with Crippen molar-refractivity contribution in [1.82, 2.24) is 19.4 Å². The van der Waals surface area contributed by atoms with Gasteiger partial charge in [0.05, 0.1) is 24.2 Å². The molecule has 0 aliphatic rings. The van der Waals surface area contributed by atoms with E-state index in [9.17, 15) is 9.59 Å². The van der Waals surface area contributed by atoms with Crippen LogP contribution in [-0.2, 0) is 38.6 Å². The number of nitrogen functional groups attached to an aromatic ring is 1. The summed E-state index contributed by atoms with van der Waals surface area (Å²) in [7, 11) is 1.66. The first-order chi connectivity index (χ1) is 19.4. The summed E-state index contributed by atoms with van der Waals surface area (Å²) in [6.07, 6.45) is 1.27. The predicted octanol–water partition coefficient (Wildman–Crippen LogP) is 4.38. The molecule has 0 fully saturated rings. The van der Waals surface area contributed by atoms with Gasteiger partial charge in [0.2, 0.25) is 5.91 Å². The molecular weight excluding hydrogens is 569 g/mol. The first kappa shape index (κ1) is 31.9. The van der Waals surface area contributed by atoms with Crippen molar-refractivity contribution in [2.24, 2.45) is 0 Å². The number of fused-ring (bicyclic) bond motifs is 3. The molecule has 0 bridgehead atoms. The van der Waals surface area contributed by atoms with E-state index in [0.717, 1.165) is 27.8 Å². The SMILES string of the molecule is CCOC(=O)COc1cccc(CN(CCCn2c(CCOC)nc3c(N)nc4ccccc4c32)C(=O)CCl)c1.Cl. The van der Waals surface area contributed by atoms with Crippen molar-refractivity contribution in [3.63, 3.8) is 0 Å². The Morgan fingerprint density at radius 1 is 1.12 bits per heavy atom. The topological polar surface area (TPSA) is 122 Å². The number of para-hydroxylation sites is 1. The van der Waals surface area contributed by atoms with Crippen LogP contribution in [0.4, 0.5) is 5.82 Å². The number of halogens is 2. The number of benzene rings is 2. The molecule has 2 heterocycles. The van der Waals surface area contributed by atoms with E-state index in [-0.39, 0.29) is 30.8 Å². The Morgan fingerprint density at radius 3 is 2.68 bits per heavy atom. The Hall–Kier alpha value is -3.60. The second-order valence-electron chi connectivity index (χ2n) is 9.18. The van der Waals surface area contributed by atoms with Gasteiger partial charge in [0.15, 0.2) is 12.4 Å². The lowest BCUT2D eigenvalue weighted by Gasteiger charge is -2.23. The molecule has 12 heteroatoms. The third kappa shape index (κ3) is 8.00. The first-order valence-corrected chi connectivity index (χ1v) is 13.7. The summed E-state index contributed by atoms with van der Waals surface area (Å²) in [5.74, 6) is 1.02. The summed E-state index contributed by atoms with van der Waals surface area (Å²) >= 11 is 5.96. The maximum absolute atomic E-state index is 12.8. The molecule has 0 radical (unpaired) electrons. The number of carbonyl (C=O) groups excluding carboxylic acids is 2. The fraction of sp³-hybridized carbons (Fsp3) is 0.379. The zero-order valence-corrected chi connectivity index (χ0v) is 24.7. The highest BCUT2D eigenvalue weighted by atomic mass is 35.5. The minimum absolute atomic E-state index is 0. The number of methoxy groups -OCH3 is 1. The Kier molecular flexibility index (Phi) is 12.0. The fourth-order valence-corrected chi connectivity index (χ4v) is 4.79. The van der Waals surface area contributed by atoms with Crippen molar-refractivity contribution < 1.29 is 23.8 Å². The van der Waals surface area contributed by atoms with Crippen LogP contribution in [-0.4, -0.2) is 70.7 Å². The van der Waals surface area contributed by atoms with Crippen molar-refractivity contribution in [3.05, 3.63) is 59.9 Å². The Morgan fingerprint density at radius 2 is 1.93 bits per heavy atom. The van der Waals surface area contributed by atoms with E-state index >= 15 is 0 Å². The maximum Gasteiger partial charge on any atom is 0.344 e. The quantitative estimate of drug-likeness (QED) is 0.166. The third-order valence-electron chi connectivity index (χ3n) is 6.43. The molecule has 0 unspecified atom stereocenters. The summed E-state index contributed by atoms with van der Waals surface area (Å²) in [5, 5.41) is 0.969. The zero-order chi connectivity index (χ0) is 28.5. The molecule has 0 aliphatic carbocycles. The van der Waals surface area contributed by atoms with Crippen LogP contribution in [0.2, 0.25) is 0 Å². The van der Waals surface area contributed by atoms with Gasteiger partial charge in [-0.1, -0.05) is 30.3 Å². The highest BCUT2D eigenvalue weighted by Gasteiger charge is 2.19. The number of esters is 1. The van der Waals surface area contributed by atoms with Gasteiger partial charge in [-0.2, -0.15) is 0 Å². The van der Waals surface area contributed by atoms with Crippen LogP contribution in [0.1, 0.15) is 24.7 Å². The van der Waals surface area contributed by atoms with Gasteiger partial charge in [-0.15, -0.1) is 24.0 Å². The smallest absolute Gasteiger partial charge is 0.344 e. The number of nitrogens with zero attached hydrogens (tertiary/aromatic N) is 4. The Balaban J connectivity index is 0.00000462. The molecule has 0 aliphatic heterocycles. The number of anilines is 1. The molecule has 0 atom stereocenters.